The molecule has 0 aliphatic heterocycles. The second-order valence-corrected chi connectivity index (χ2v) is 7.02. The van der Waals surface area contributed by atoms with E-state index < -0.39 is 14.8 Å². The molecular formula is C12H20N2O5Si. The molecule has 1 rings (SSSR count). The summed E-state index contributed by atoms with van der Waals surface area (Å²) < 4.78 is 22.8. The van der Waals surface area contributed by atoms with Gasteiger partial charge in [0, 0.05) is 52.4 Å². The zero-order valence-electron chi connectivity index (χ0n) is 12.0. The van der Waals surface area contributed by atoms with Gasteiger partial charge in [0.25, 0.3) is 0 Å². The highest BCUT2D eigenvalue weighted by Crippen LogP contribution is 2.17. The van der Waals surface area contributed by atoms with E-state index in [1.165, 1.54) is 0 Å². The van der Waals surface area contributed by atoms with Crippen molar-refractivity contribution in [2.24, 2.45) is 0 Å². The Morgan fingerprint density at radius 2 is 2.05 bits per heavy atom. The predicted molar refractivity (Wildman–Crippen MR) is 74.3 cm³/mol. The molecule has 20 heavy (non-hydrogen) atoms. The number of hydrogen-bond donors (Lipinski definition) is 0. The quantitative estimate of drug-likeness (QED) is 0.388. The maximum atomic E-state index is 11.2. The van der Waals surface area contributed by atoms with Crippen LogP contribution in [0.15, 0.2) is 25.0 Å². The van der Waals surface area contributed by atoms with E-state index in [9.17, 15) is 4.79 Å². The topological polar surface area (TPSA) is 71.8 Å². The maximum absolute atomic E-state index is 11.2. The van der Waals surface area contributed by atoms with Crippen molar-refractivity contribution in [3.8, 4) is 6.01 Å². The van der Waals surface area contributed by atoms with E-state index in [0.29, 0.717) is 12.6 Å². The Balaban J connectivity index is 2.56. The Bertz CT molecular complexity index is 437. The van der Waals surface area contributed by atoms with Gasteiger partial charge < -0.3 is 22.6 Å². The molecule has 0 unspecified atom stereocenters. The highest BCUT2D eigenvalue weighted by Gasteiger charge is 2.36. The van der Waals surface area contributed by atoms with Crippen molar-refractivity contribution >= 4 is 14.8 Å². The molecule has 0 aliphatic rings. The van der Waals surface area contributed by atoms with Crippen molar-refractivity contribution in [3.05, 3.63) is 25.0 Å². The number of carbonyl (C=O) groups is 1. The summed E-state index contributed by atoms with van der Waals surface area (Å²) in [7, 11) is 2.17. The molecule has 0 spiro atoms. The van der Waals surface area contributed by atoms with Crippen LogP contribution in [0.3, 0.4) is 0 Å². The minimum absolute atomic E-state index is 0.245. The van der Waals surface area contributed by atoms with Crippen LogP contribution in [0.2, 0.25) is 6.04 Å². The summed E-state index contributed by atoms with van der Waals surface area (Å²) in [5, 5.41) is 0. The van der Waals surface area contributed by atoms with Crippen LogP contribution >= 0.6 is 0 Å². The van der Waals surface area contributed by atoms with Gasteiger partial charge in [-0.05, 0) is 6.42 Å². The van der Waals surface area contributed by atoms with Gasteiger partial charge >= 0.3 is 20.8 Å². The van der Waals surface area contributed by atoms with Gasteiger partial charge in [-0.25, -0.2) is 9.78 Å². The van der Waals surface area contributed by atoms with Gasteiger partial charge in [0.05, 0.1) is 0 Å². The number of carbonyl (C=O) groups excluding carboxylic acids is 1. The number of imidazole rings is 1. The van der Waals surface area contributed by atoms with Crippen molar-refractivity contribution in [1.82, 2.24) is 9.55 Å². The molecule has 0 N–H and O–H groups in total. The van der Waals surface area contributed by atoms with E-state index >= 15 is 0 Å². The highest BCUT2D eigenvalue weighted by atomic mass is 28.4. The summed E-state index contributed by atoms with van der Waals surface area (Å²) in [6.45, 7) is 3.96. The largest absolute Gasteiger partial charge is 0.500 e. The number of rotatable bonds is 9. The van der Waals surface area contributed by atoms with Crippen molar-refractivity contribution in [3.63, 3.8) is 0 Å². The fourth-order valence-electron chi connectivity index (χ4n) is 1.72. The Morgan fingerprint density at radius 3 is 2.60 bits per heavy atom. The Hall–Kier alpha value is -1.48. The summed E-state index contributed by atoms with van der Waals surface area (Å²) in [6, 6.07) is 0.901. The minimum Gasteiger partial charge on any atom is -0.389 e. The summed E-state index contributed by atoms with van der Waals surface area (Å²) in [5.74, 6) is -0.535. The van der Waals surface area contributed by atoms with E-state index in [1.807, 2.05) is 0 Å². The van der Waals surface area contributed by atoms with Crippen molar-refractivity contribution in [2.45, 2.75) is 19.0 Å². The Labute approximate surface area is 119 Å². The molecule has 1 aromatic heterocycles. The molecule has 0 aliphatic carbocycles. The number of esters is 1. The molecular weight excluding hydrogens is 280 g/mol. The average molecular weight is 300 g/mol. The summed E-state index contributed by atoms with van der Waals surface area (Å²) in [6.07, 6.45) is 5.15. The van der Waals surface area contributed by atoms with Crippen molar-refractivity contribution in [1.29, 1.82) is 0 Å². The van der Waals surface area contributed by atoms with Crippen molar-refractivity contribution < 1.29 is 22.8 Å². The third-order valence-corrected chi connectivity index (χ3v) is 5.68. The third kappa shape index (κ3) is 4.27. The molecule has 0 atom stereocenters. The van der Waals surface area contributed by atoms with Crippen LogP contribution in [0.4, 0.5) is 0 Å². The average Bonchev–Trinajstić information content (AvgIpc) is 2.91. The molecule has 1 aromatic rings. The first kappa shape index (κ1) is 16.6. The van der Waals surface area contributed by atoms with Gasteiger partial charge in [-0.3, -0.25) is 0 Å². The lowest BCUT2D eigenvalue weighted by Gasteiger charge is -2.24. The predicted octanol–water partition coefficient (Wildman–Crippen LogP) is 1.24. The molecule has 0 saturated carbocycles. The van der Waals surface area contributed by atoms with E-state index in [0.717, 1.165) is 12.5 Å². The fourth-order valence-corrected chi connectivity index (χ4v) is 3.43. The number of nitrogens with zero attached hydrogens (tertiary/aromatic N) is 2. The molecule has 0 aromatic carbocycles. The second kappa shape index (κ2) is 7.95. The molecule has 0 bridgehead atoms. The van der Waals surface area contributed by atoms with Crippen molar-refractivity contribution in [2.75, 3.05) is 21.3 Å². The van der Waals surface area contributed by atoms with E-state index in [1.54, 1.807) is 38.3 Å². The number of hydrogen-bond acceptors (Lipinski definition) is 6. The monoisotopic (exact) mass is 300 g/mol. The molecule has 8 heteroatoms. The molecule has 0 fully saturated rings. The molecule has 7 nitrogen and oxygen atoms in total. The summed E-state index contributed by atoms with van der Waals surface area (Å²) in [5.41, 5.74) is 0. The van der Waals surface area contributed by atoms with Gasteiger partial charge in [0.2, 0.25) is 0 Å². The van der Waals surface area contributed by atoms with Crippen LogP contribution in [0.1, 0.15) is 6.42 Å². The molecule has 112 valence electrons. The van der Waals surface area contributed by atoms with Gasteiger partial charge in [0.15, 0.2) is 0 Å². The van der Waals surface area contributed by atoms with Crippen LogP contribution in [0, 0.1) is 0 Å². The summed E-state index contributed by atoms with van der Waals surface area (Å²) >= 11 is 0. The van der Waals surface area contributed by atoms with Crippen LogP contribution in [0.25, 0.3) is 0 Å². The number of ether oxygens (including phenoxy) is 1. The standard InChI is InChI=1S/C12H20N2O5Si/c1-5-11(15)19-12-13-7-9-14(12)8-6-10-20(16-2,17-3)18-4/h5,7,9H,1,6,8,10H2,2-4H3. The first-order valence-electron chi connectivity index (χ1n) is 6.11. The normalized spacial score (nSPS) is 11.3. The van der Waals surface area contributed by atoms with Gasteiger partial charge in [-0.1, -0.05) is 6.58 Å². The van der Waals surface area contributed by atoms with Crippen LogP contribution in [0.5, 0.6) is 6.01 Å². The molecule has 1 heterocycles. The number of aryl methyl sites for hydroxylation is 1. The lowest BCUT2D eigenvalue weighted by atomic mass is 10.5. The van der Waals surface area contributed by atoms with Crippen LogP contribution in [-0.4, -0.2) is 45.7 Å². The zero-order chi connectivity index (χ0) is 15.0. The minimum atomic E-state index is -2.56. The van der Waals surface area contributed by atoms with Crippen LogP contribution < -0.4 is 4.74 Å². The lowest BCUT2D eigenvalue weighted by Crippen LogP contribution is -2.42. The second-order valence-electron chi connectivity index (χ2n) is 3.93. The van der Waals surface area contributed by atoms with Gasteiger partial charge in [0.1, 0.15) is 0 Å². The zero-order valence-corrected chi connectivity index (χ0v) is 13.0. The lowest BCUT2D eigenvalue weighted by molar-refractivity contribution is -0.129. The highest BCUT2D eigenvalue weighted by molar-refractivity contribution is 6.60. The fraction of sp³-hybridized carbons (Fsp3) is 0.500. The first-order valence-corrected chi connectivity index (χ1v) is 8.04. The third-order valence-electron chi connectivity index (χ3n) is 2.85. The molecule has 0 radical (unpaired) electrons. The Morgan fingerprint density at radius 1 is 1.40 bits per heavy atom. The van der Waals surface area contributed by atoms with E-state index in [2.05, 4.69) is 11.6 Å². The first-order chi connectivity index (χ1) is 9.60. The smallest absolute Gasteiger partial charge is 0.389 e. The van der Waals surface area contributed by atoms with Crippen LogP contribution in [-0.2, 0) is 24.6 Å². The molecule has 0 amide bonds. The molecule has 0 saturated heterocycles. The maximum Gasteiger partial charge on any atom is 0.500 e. The van der Waals surface area contributed by atoms with Gasteiger partial charge in [-0.2, -0.15) is 0 Å². The van der Waals surface area contributed by atoms with E-state index in [-0.39, 0.29) is 6.01 Å². The summed E-state index contributed by atoms with van der Waals surface area (Å²) in [4.78, 5) is 15.1. The SMILES string of the molecule is C=CC(=O)Oc1nccn1CCC[Si](OC)(OC)OC. The van der Waals surface area contributed by atoms with E-state index in [4.69, 9.17) is 18.0 Å². The van der Waals surface area contributed by atoms with Gasteiger partial charge in [-0.15, -0.1) is 0 Å². The number of aromatic nitrogens is 2. The Kier molecular flexibility index (Phi) is 6.59.